The standard InChI is InChI=1S/C57H72N4O13S2/c1-38-33-40(34-39(2)53(38)74-55(66)52-44-13-5-7-15-48(44)60(27-11-31-75(67,68)69)49-16-8-6-14-45(49)52)54(65)59-26-10-29-61(4,30-12-32-76(70,71)72)28-9-25-58-51(64)36-73-37-57-24-21-42(62)35-41(57)17-18-43-46-19-20-50(63)56(46,3)23-22-47(43)57/h5-8,13-16,33-35,43,46-47H,9-12,17-32,36-37H2,1-4H3,(H2-2,58,59,64,65,67,68,69,70,71,72)/t43?,46?,47?,56-,57+,61?/m0/s1. The number of hydrogen-bond acceptors (Lipinski definition) is 13. The Morgan fingerprint density at radius 2 is 1.37 bits per heavy atom. The molecule has 0 bridgehead atoms. The van der Waals surface area contributed by atoms with Gasteiger partial charge >= 0.3 is 5.97 Å². The molecule has 2 amide bonds. The molecule has 4 aromatic rings. The van der Waals surface area contributed by atoms with Crippen molar-refractivity contribution >= 4 is 71.4 Å². The van der Waals surface area contributed by atoms with Crippen molar-refractivity contribution in [1.29, 1.82) is 0 Å². The first kappa shape index (κ1) is 56.8. The van der Waals surface area contributed by atoms with Crippen LogP contribution in [0.25, 0.3) is 21.8 Å². The van der Waals surface area contributed by atoms with Crippen LogP contribution in [0, 0.1) is 42.4 Å². The van der Waals surface area contributed by atoms with E-state index >= 15 is 0 Å². The van der Waals surface area contributed by atoms with Gasteiger partial charge in [0, 0.05) is 91.6 Å². The summed E-state index contributed by atoms with van der Waals surface area (Å²) in [5.41, 5.74) is 3.66. The summed E-state index contributed by atoms with van der Waals surface area (Å²) in [5, 5.41) is 7.10. The molecule has 0 aliphatic heterocycles. The number of aromatic nitrogens is 1. The fraction of sp³-hybridized carbons (Fsp3) is 0.544. The van der Waals surface area contributed by atoms with Gasteiger partial charge in [-0.2, -0.15) is 4.57 Å². The first-order chi connectivity index (χ1) is 36.0. The number of pyridine rings is 1. The number of esters is 1. The Morgan fingerprint density at radius 3 is 2.01 bits per heavy atom. The summed E-state index contributed by atoms with van der Waals surface area (Å²) in [6.07, 6.45) is 9.40. The van der Waals surface area contributed by atoms with Crippen molar-refractivity contribution in [2.45, 2.75) is 104 Å². The molecule has 0 saturated heterocycles. The number of Topliss-reactive ketones (excluding diaryl/α,β-unsaturated/α-hetero) is 1. The second-order valence-electron chi connectivity index (χ2n) is 22.3. The lowest BCUT2D eigenvalue weighted by Crippen LogP contribution is -2.53. The third kappa shape index (κ3) is 12.8. The fourth-order valence-corrected chi connectivity index (χ4v) is 14.5. The van der Waals surface area contributed by atoms with Crippen LogP contribution in [0.3, 0.4) is 0 Å². The number of hydrogen-bond donors (Lipinski definition) is 2. The SMILES string of the molecule is Cc1cc(C(=O)NCCC[N+](C)(CCCNC(=O)COC[C@]23CCC(=O)C=C2CCC2C3CC[C@]3(C)C(=O)CCC23)CCCS(=O)(=O)[O-])cc(C)c1OC(=O)c1c2ccccc2[n+](CCCS(=O)(=O)[O-])c2ccccc12. The Hall–Kier alpha value is -5.44. The molecule has 1 heterocycles. The van der Waals surface area contributed by atoms with Crippen molar-refractivity contribution in [1.82, 2.24) is 10.6 Å². The summed E-state index contributed by atoms with van der Waals surface area (Å²) in [5.74, 6) is -0.387. The van der Waals surface area contributed by atoms with E-state index in [1.54, 1.807) is 50.2 Å². The van der Waals surface area contributed by atoms with E-state index in [-0.39, 0.29) is 54.4 Å². The van der Waals surface area contributed by atoms with Crippen LogP contribution in [0.15, 0.2) is 72.3 Å². The van der Waals surface area contributed by atoms with E-state index in [1.807, 2.05) is 42.0 Å². The summed E-state index contributed by atoms with van der Waals surface area (Å²) < 4.78 is 83.4. The minimum atomic E-state index is -4.42. The molecule has 3 fully saturated rings. The maximum absolute atomic E-state index is 14.2. The summed E-state index contributed by atoms with van der Waals surface area (Å²) in [6, 6.07) is 17.7. The number of ether oxygens (including phenoxy) is 2. The van der Waals surface area contributed by atoms with Crippen LogP contribution in [-0.2, 0) is 45.9 Å². The highest BCUT2D eigenvalue weighted by molar-refractivity contribution is 7.85. The number of quaternary nitrogens is 1. The molecule has 6 atom stereocenters. The molecule has 3 saturated carbocycles. The van der Waals surface area contributed by atoms with Crippen LogP contribution in [0.1, 0.15) is 116 Å². The quantitative estimate of drug-likeness (QED) is 0.0161. The van der Waals surface area contributed by atoms with Crippen LogP contribution in [0.5, 0.6) is 5.75 Å². The van der Waals surface area contributed by atoms with Crippen LogP contribution in [0.2, 0.25) is 0 Å². The minimum Gasteiger partial charge on any atom is -0.748 e. The number of aryl methyl sites for hydroxylation is 3. The van der Waals surface area contributed by atoms with E-state index in [1.165, 1.54) is 0 Å². The Labute approximate surface area is 446 Å². The van der Waals surface area contributed by atoms with Gasteiger partial charge < -0.3 is 33.7 Å². The molecule has 410 valence electrons. The van der Waals surface area contributed by atoms with E-state index in [0.717, 1.165) is 37.7 Å². The Kier molecular flexibility index (Phi) is 17.4. The van der Waals surface area contributed by atoms with E-state index in [4.69, 9.17) is 9.47 Å². The first-order valence-corrected chi connectivity index (χ1v) is 29.9. The normalized spacial score (nSPS) is 23.3. The molecule has 19 heteroatoms. The van der Waals surface area contributed by atoms with Crippen molar-refractivity contribution in [2.75, 3.05) is 64.5 Å². The van der Waals surface area contributed by atoms with Crippen LogP contribution < -0.4 is 19.9 Å². The molecule has 2 N–H and O–H groups in total. The van der Waals surface area contributed by atoms with Gasteiger partial charge in [0.2, 0.25) is 16.9 Å². The second-order valence-corrected chi connectivity index (χ2v) is 25.4. The number of ketones is 2. The van der Waals surface area contributed by atoms with Crippen molar-refractivity contribution in [3.05, 3.63) is 94.6 Å². The first-order valence-electron chi connectivity index (χ1n) is 26.8. The lowest BCUT2D eigenvalue weighted by Gasteiger charge is -2.57. The smallest absolute Gasteiger partial charge is 0.345 e. The van der Waals surface area contributed by atoms with Gasteiger partial charge in [-0.05, 0) is 112 Å². The largest absolute Gasteiger partial charge is 0.748 e. The van der Waals surface area contributed by atoms with Gasteiger partial charge in [-0.1, -0.05) is 36.8 Å². The number of amides is 2. The van der Waals surface area contributed by atoms with Crippen LogP contribution >= 0.6 is 0 Å². The van der Waals surface area contributed by atoms with E-state index < -0.39 is 37.7 Å². The third-order valence-corrected chi connectivity index (χ3v) is 18.8. The zero-order valence-corrected chi connectivity index (χ0v) is 45.8. The molecule has 0 spiro atoms. The molecule has 8 rings (SSSR count). The van der Waals surface area contributed by atoms with E-state index in [2.05, 4.69) is 17.6 Å². The zero-order valence-electron chi connectivity index (χ0n) is 44.2. The fourth-order valence-electron chi connectivity index (χ4n) is 13.6. The number of rotatable bonds is 23. The van der Waals surface area contributed by atoms with E-state index in [0.29, 0.717) is 149 Å². The number of carbonyl (C=O) groups excluding carboxylic acids is 5. The van der Waals surface area contributed by atoms with Gasteiger partial charge in [0.05, 0.1) is 69.9 Å². The van der Waals surface area contributed by atoms with Gasteiger partial charge in [0.25, 0.3) is 5.91 Å². The predicted molar refractivity (Wildman–Crippen MR) is 283 cm³/mol. The lowest BCUT2D eigenvalue weighted by molar-refractivity contribution is -0.909. The summed E-state index contributed by atoms with van der Waals surface area (Å²) in [6.45, 7) is 8.24. The van der Waals surface area contributed by atoms with Crippen molar-refractivity contribution in [3.63, 3.8) is 0 Å². The van der Waals surface area contributed by atoms with Gasteiger partial charge in [-0.25, -0.2) is 21.6 Å². The number of benzene rings is 3. The minimum absolute atomic E-state index is 0.0877. The van der Waals surface area contributed by atoms with Crippen molar-refractivity contribution in [2.24, 2.45) is 28.6 Å². The Bertz CT molecular complexity index is 3100. The monoisotopic (exact) mass is 1080 g/mol. The highest BCUT2D eigenvalue weighted by Gasteiger charge is 2.60. The summed E-state index contributed by atoms with van der Waals surface area (Å²) >= 11 is 0. The lowest BCUT2D eigenvalue weighted by atomic mass is 9.47. The molecule has 4 aliphatic rings. The number of nitrogens with one attached hydrogen (secondary N) is 2. The molecule has 17 nitrogen and oxygen atoms in total. The third-order valence-electron chi connectivity index (χ3n) is 17.3. The molecule has 1 aromatic heterocycles. The molecular formula is C57H72N4O13S2. The van der Waals surface area contributed by atoms with Gasteiger partial charge in [-0.3, -0.25) is 19.2 Å². The number of fused-ring (bicyclic) bond motifs is 7. The van der Waals surface area contributed by atoms with Crippen molar-refractivity contribution < 1.29 is 68.4 Å². The molecular weight excluding hydrogens is 1010 g/mol. The van der Waals surface area contributed by atoms with Crippen molar-refractivity contribution in [3.8, 4) is 5.75 Å². The van der Waals surface area contributed by atoms with Gasteiger partial charge in [0.15, 0.2) is 12.3 Å². The highest BCUT2D eigenvalue weighted by atomic mass is 32.2. The summed E-state index contributed by atoms with van der Waals surface area (Å²) in [7, 11) is -6.88. The molecule has 0 radical (unpaired) electrons. The maximum atomic E-state index is 14.2. The predicted octanol–water partition coefficient (Wildman–Crippen LogP) is 6.16. The number of para-hydroxylation sites is 2. The zero-order chi connectivity index (χ0) is 54.6. The van der Waals surface area contributed by atoms with Crippen LogP contribution in [0.4, 0.5) is 0 Å². The Balaban J connectivity index is 0.838. The van der Waals surface area contributed by atoms with E-state index in [9.17, 15) is 49.9 Å². The van der Waals surface area contributed by atoms with Gasteiger partial charge in [-0.15, -0.1) is 0 Å². The average Bonchev–Trinajstić information content (AvgIpc) is 3.71. The second kappa shape index (κ2) is 23.3. The molecule has 76 heavy (non-hydrogen) atoms. The topological polar surface area (TPSA) is 246 Å². The van der Waals surface area contributed by atoms with Crippen LogP contribution in [-0.4, -0.2) is 124 Å². The number of nitrogens with zero attached hydrogens (tertiary/aromatic N) is 2. The average molecular weight is 1090 g/mol. The Morgan fingerprint density at radius 1 is 0.763 bits per heavy atom. The van der Waals surface area contributed by atoms with Gasteiger partial charge in [0.1, 0.15) is 18.1 Å². The molecule has 4 unspecified atom stereocenters. The maximum Gasteiger partial charge on any atom is 0.345 e. The molecule has 4 aliphatic carbocycles. The number of carbonyl (C=O) groups is 5. The highest BCUT2D eigenvalue weighted by Crippen LogP contribution is 2.64. The molecule has 3 aromatic carbocycles. The summed E-state index contributed by atoms with van der Waals surface area (Å²) in [4.78, 5) is 66.5.